The number of aromatic nitrogens is 3. The van der Waals surface area contributed by atoms with Gasteiger partial charge in [0.15, 0.2) is 5.96 Å². The zero-order valence-electron chi connectivity index (χ0n) is 13.3. The van der Waals surface area contributed by atoms with Crippen molar-refractivity contribution in [2.75, 3.05) is 13.6 Å². The molecule has 2 aromatic heterocycles. The van der Waals surface area contributed by atoms with Crippen molar-refractivity contribution in [3.63, 3.8) is 0 Å². The van der Waals surface area contributed by atoms with Crippen LogP contribution in [0.1, 0.15) is 30.0 Å². The molecule has 2 aromatic rings. The summed E-state index contributed by atoms with van der Waals surface area (Å²) in [6, 6.07) is 0. The SMILES string of the molecule is CCNC(=NCc1nccn1C(F)F)N(C)Cc1csc(C)n1. The number of aryl methyl sites for hydroxylation is 1. The molecule has 2 rings (SSSR count). The second-order valence-corrected chi connectivity index (χ2v) is 5.97. The lowest BCUT2D eigenvalue weighted by atomic mass is 10.4. The summed E-state index contributed by atoms with van der Waals surface area (Å²) in [5.41, 5.74) is 0.953. The molecule has 23 heavy (non-hydrogen) atoms. The smallest absolute Gasteiger partial charge is 0.319 e. The van der Waals surface area contributed by atoms with Gasteiger partial charge in [-0.05, 0) is 13.8 Å². The van der Waals surface area contributed by atoms with Gasteiger partial charge in [0, 0.05) is 31.4 Å². The predicted molar refractivity (Wildman–Crippen MR) is 86.6 cm³/mol. The first-order valence-corrected chi connectivity index (χ1v) is 8.09. The molecule has 0 atom stereocenters. The molecule has 1 N–H and O–H groups in total. The van der Waals surface area contributed by atoms with Crippen LogP contribution < -0.4 is 5.32 Å². The summed E-state index contributed by atoms with van der Waals surface area (Å²) in [6.07, 6.45) is 2.61. The molecule has 0 aliphatic carbocycles. The maximum absolute atomic E-state index is 12.8. The van der Waals surface area contributed by atoms with Gasteiger partial charge in [-0.25, -0.2) is 15.0 Å². The molecule has 0 saturated carbocycles. The van der Waals surface area contributed by atoms with Crippen molar-refractivity contribution in [2.24, 2.45) is 4.99 Å². The van der Waals surface area contributed by atoms with E-state index in [1.165, 1.54) is 12.4 Å². The molecular formula is C14H20F2N6S. The highest BCUT2D eigenvalue weighted by atomic mass is 32.1. The number of halogens is 2. The second kappa shape index (κ2) is 8.00. The van der Waals surface area contributed by atoms with Crippen molar-refractivity contribution in [1.29, 1.82) is 0 Å². The molecule has 0 radical (unpaired) electrons. The van der Waals surface area contributed by atoms with Gasteiger partial charge in [0.25, 0.3) is 0 Å². The van der Waals surface area contributed by atoms with Gasteiger partial charge in [0.2, 0.25) is 0 Å². The van der Waals surface area contributed by atoms with Crippen LogP contribution in [-0.2, 0) is 13.1 Å². The van der Waals surface area contributed by atoms with Crippen molar-refractivity contribution >= 4 is 17.3 Å². The summed E-state index contributed by atoms with van der Waals surface area (Å²) in [7, 11) is 1.88. The molecule has 0 bridgehead atoms. The molecule has 0 saturated heterocycles. The normalized spacial score (nSPS) is 12.0. The predicted octanol–water partition coefficient (Wildman–Crippen LogP) is 2.64. The average molecular weight is 342 g/mol. The molecule has 126 valence electrons. The van der Waals surface area contributed by atoms with E-state index in [1.807, 2.05) is 31.2 Å². The Morgan fingerprint density at radius 3 is 2.91 bits per heavy atom. The van der Waals surface area contributed by atoms with Crippen molar-refractivity contribution in [2.45, 2.75) is 33.5 Å². The Bertz CT molecular complexity index is 651. The summed E-state index contributed by atoms with van der Waals surface area (Å²) < 4.78 is 26.5. The van der Waals surface area contributed by atoms with Gasteiger partial charge in [0.05, 0.1) is 17.2 Å². The Morgan fingerprint density at radius 1 is 1.52 bits per heavy atom. The summed E-state index contributed by atoms with van der Waals surface area (Å²) in [4.78, 5) is 14.7. The van der Waals surface area contributed by atoms with Crippen molar-refractivity contribution in [3.8, 4) is 0 Å². The van der Waals surface area contributed by atoms with Crippen LogP contribution in [0, 0.1) is 6.92 Å². The Morgan fingerprint density at radius 2 is 2.30 bits per heavy atom. The minimum absolute atomic E-state index is 0.0834. The number of rotatable bonds is 6. The van der Waals surface area contributed by atoms with Crippen LogP contribution in [0.2, 0.25) is 0 Å². The molecule has 0 aromatic carbocycles. The van der Waals surface area contributed by atoms with Crippen LogP contribution in [0.3, 0.4) is 0 Å². The highest BCUT2D eigenvalue weighted by molar-refractivity contribution is 7.09. The zero-order valence-corrected chi connectivity index (χ0v) is 14.1. The van der Waals surface area contributed by atoms with Gasteiger partial charge in [-0.15, -0.1) is 11.3 Å². The highest BCUT2D eigenvalue weighted by Gasteiger charge is 2.12. The number of imidazole rings is 1. The highest BCUT2D eigenvalue weighted by Crippen LogP contribution is 2.13. The number of aliphatic imine (C=N–C) groups is 1. The van der Waals surface area contributed by atoms with E-state index in [4.69, 9.17) is 0 Å². The maximum Gasteiger partial charge on any atom is 0.319 e. The topological polar surface area (TPSA) is 58.3 Å². The molecule has 0 aliphatic rings. The monoisotopic (exact) mass is 342 g/mol. The fourth-order valence-electron chi connectivity index (χ4n) is 2.06. The molecular weight excluding hydrogens is 322 g/mol. The summed E-state index contributed by atoms with van der Waals surface area (Å²) in [5, 5.41) is 6.16. The first-order chi connectivity index (χ1) is 11.0. The summed E-state index contributed by atoms with van der Waals surface area (Å²) in [6.45, 7) is 2.66. The largest absolute Gasteiger partial charge is 0.357 e. The molecule has 0 unspecified atom stereocenters. The van der Waals surface area contributed by atoms with Gasteiger partial charge in [0.1, 0.15) is 12.4 Å². The number of nitrogens with one attached hydrogen (secondary N) is 1. The maximum atomic E-state index is 12.8. The average Bonchev–Trinajstić information content (AvgIpc) is 3.12. The third-order valence-corrected chi connectivity index (χ3v) is 3.91. The van der Waals surface area contributed by atoms with E-state index in [1.54, 1.807) is 11.3 Å². The van der Waals surface area contributed by atoms with Crippen LogP contribution in [0.25, 0.3) is 0 Å². The van der Waals surface area contributed by atoms with Crippen molar-refractivity contribution in [3.05, 3.63) is 34.3 Å². The van der Waals surface area contributed by atoms with E-state index in [2.05, 4.69) is 20.3 Å². The molecule has 6 nitrogen and oxygen atoms in total. The van der Waals surface area contributed by atoms with E-state index in [0.29, 0.717) is 19.0 Å². The molecule has 0 amide bonds. The van der Waals surface area contributed by atoms with Crippen LogP contribution >= 0.6 is 11.3 Å². The first kappa shape index (κ1) is 17.3. The Hall–Kier alpha value is -2.03. The third-order valence-electron chi connectivity index (χ3n) is 3.09. The minimum atomic E-state index is -2.61. The minimum Gasteiger partial charge on any atom is -0.357 e. The van der Waals surface area contributed by atoms with Crippen LogP contribution in [0.4, 0.5) is 8.78 Å². The number of hydrogen-bond acceptors (Lipinski definition) is 4. The van der Waals surface area contributed by atoms with Crippen LogP contribution in [-0.4, -0.2) is 39.0 Å². The second-order valence-electron chi connectivity index (χ2n) is 4.91. The Labute approximate surface area is 137 Å². The summed E-state index contributed by atoms with van der Waals surface area (Å²) in [5.74, 6) is 0.857. The van der Waals surface area contributed by atoms with E-state index in [-0.39, 0.29) is 12.4 Å². The van der Waals surface area contributed by atoms with Gasteiger partial charge >= 0.3 is 6.55 Å². The molecule has 2 heterocycles. The lowest BCUT2D eigenvalue weighted by Crippen LogP contribution is -2.38. The van der Waals surface area contributed by atoms with E-state index in [9.17, 15) is 8.78 Å². The fourth-order valence-corrected chi connectivity index (χ4v) is 2.66. The van der Waals surface area contributed by atoms with Crippen molar-refractivity contribution in [1.82, 2.24) is 24.8 Å². The molecule has 0 spiro atoms. The van der Waals surface area contributed by atoms with Crippen LogP contribution in [0.5, 0.6) is 0 Å². The number of nitrogens with zero attached hydrogens (tertiary/aromatic N) is 5. The van der Waals surface area contributed by atoms with Gasteiger partial charge in [-0.3, -0.25) is 4.57 Å². The van der Waals surface area contributed by atoms with Gasteiger partial charge in [-0.1, -0.05) is 0 Å². The van der Waals surface area contributed by atoms with E-state index < -0.39 is 6.55 Å². The lowest BCUT2D eigenvalue weighted by molar-refractivity contribution is 0.0671. The Balaban J connectivity index is 2.08. The lowest BCUT2D eigenvalue weighted by Gasteiger charge is -2.21. The zero-order chi connectivity index (χ0) is 16.8. The van der Waals surface area contributed by atoms with E-state index >= 15 is 0 Å². The van der Waals surface area contributed by atoms with Crippen molar-refractivity contribution < 1.29 is 8.78 Å². The van der Waals surface area contributed by atoms with E-state index in [0.717, 1.165) is 15.3 Å². The quantitative estimate of drug-likeness (QED) is 0.648. The fraction of sp³-hybridized carbons (Fsp3) is 0.500. The first-order valence-electron chi connectivity index (χ1n) is 7.21. The molecule has 0 aliphatic heterocycles. The standard InChI is InChI=1S/C14H20F2N6S/c1-4-17-14(21(3)8-11-9-23-10(2)20-11)19-7-12-18-5-6-22(12)13(15)16/h5-6,9,13H,4,7-8H2,1-3H3,(H,17,19). The van der Waals surface area contributed by atoms with Crippen LogP contribution in [0.15, 0.2) is 22.8 Å². The third kappa shape index (κ3) is 4.72. The molecule has 9 heteroatoms. The Kier molecular flexibility index (Phi) is 6.03. The van der Waals surface area contributed by atoms with Gasteiger partial charge < -0.3 is 10.2 Å². The molecule has 0 fully saturated rings. The summed E-state index contributed by atoms with van der Waals surface area (Å²) >= 11 is 1.59. The number of guanidine groups is 1. The number of hydrogen-bond donors (Lipinski definition) is 1. The number of alkyl halides is 2. The number of thiazole rings is 1. The van der Waals surface area contributed by atoms with Gasteiger partial charge in [-0.2, -0.15) is 8.78 Å².